The topological polar surface area (TPSA) is 53.7 Å². The van der Waals surface area contributed by atoms with Gasteiger partial charge in [0.05, 0.1) is 12.4 Å². The summed E-state index contributed by atoms with van der Waals surface area (Å²) in [7, 11) is 0. The van der Waals surface area contributed by atoms with Crippen molar-refractivity contribution in [2.45, 2.75) is 12.3 Å². The Bertz CT molecular complexity index is 408. The summed E-state index contributed by atoms with van der Waals surface area (Å²) < 4.78 is 5.61. The zero-order valence-electron chi connectivity index (χ0n) is 10.3. The highest BCUT2D eigenvalue weighted by atomic mass is 32.2. The molecule has 2 heterocycles. The molecule has 0 spiro atoms. The van der Waals surface area contributed by atoms with Crippen LogP contribution >= 0.6 is 23.5 Å². The van der Waals surface area contributed by atoms with Gasteiger partial charge in [0.25, 0.3) is 0 Å². The van der Waals surface area contributed by atoms with E-state index < -0.39 is 0 Å². The summed E-state index contributed by atoms with van der Waals surface area (Å²) in [5.74, 6) is 4.00. The zero-order valence-corrected chi connectivity index (χ0v) is 11.9. The van der Waals surface area contributed by atoms with E-state index in [1.165, 1.54) is 0 Å². The van der Waals surface area contributed by atoms with Crippen molar-refractivity contribution in [1.29, 1.82) is 0 Å². The molecule has 2 rings (SSSR count). The van der Waals surface area contributed by atoms with Crippen molar-refractivity contribution < 1.29 is 14.3 Å². The number of carbonyl (C=O) groups is 1. The van der Waals surface area contributed by atoms with Gasteiger partial charge in [0.2, 0.25) is 5.91 Å². The first-order valence-corrected chi connectivity index (χ1v) is 8.08. The molecule has 4 nitrogen and oxygen atoms in total. The number of hydrogen-bond acceptors (Lipinski definition) is 5. The average molecular weight is 287 g/mol. The van der Waals surface area contributed by atoms with E-state index in [4.69, 9.17) is 9.52 Å². The standard InChI is InChI=1S/C12H17NO3S2/c1-9-2-3-10(16-9)12-13(11(15)8-18-12)4-6-17-7-5-14/h2-3,12,14H,4-8H2,1H3. The summed E-state index contributed by atoms with van der Waals surface area (Å²) >= 11 is 3.27. The number of carbonyl (C=O) groups excluding carboxylic acids is 1. The van der Waals surface area contributed by atoms with Gasteiger partial charge in [0.15, 0.2) is 0 Å². The van der Waals surface area contributed by atoms with Gasteiger partial charge in [-0.3, -0.25) is 4.79 Å². The number of aliphatic hydroxyl groups excluding tert-OH is 1. The summed E-state index contributed by atoms with van der Waals surface area (Å²) in [6.07, 6.45) is 0. The second-order valence-corrected chi connectivity index (χ2v) is 6.33. The molecular weight excluding hydrogens is 270 g/mol. The Labute approximate surface area is 115 Å². The number of furan rings is 1. The van der Waals surface area contributed by atoms with Crippen molar-refractivity contribution in [3.63, 3.8) is 0 Å². The van der Waals surface area contributed by atoms with Crippen molar-refractivity contribution in [3.8, 4) is 0 Å². The van der Waals surface area contributed by atoms with Crippen LogP contribution in [0.15, 0.2) is 16.5 Å². The molecule has 1 unspecified atom stereocenters. The molecular formula is C12H17NO3S2. The number of aryl methyl sites for hydroxylation is 1. The van der Waals surface area contributed by atoms with Crippen molar-refractivity contribution in [2.75, 3.05) is 30.4 Å². The zero-order chi connectivity index (χ0) is 13.0. The average Bonchev–Trinajstić information content (AvgIpc) is 2.92. The molecule has 0 bridgehead atoms. The van der Waals surface area contributed by atoms with Gasteiger partial charge < -0.3 is 14.4 Å². The Kier molecular flexibility index (Phi) is 5.03. The van der Waals surface area contributed by atoms with Gasteiger partial charge in [-0.25, -0.2) is 0 Å². The normalized spacial score (nSPS) is 19.8. The van der Waals surface area contributed by atoms with Crippen LogP contribution in [0.5, 0.6) is 0 Å². The number of aliphatic hydroxyl groups is 1. The van der Waals surface area contributed by atoms with Crippen LogP contribution < -0.4 is 0 Å². The highest BCUT2D eigenvalue weighted by Crippen LogP contribution is 2.39. The first-order chi connectivity index (χ1) is 8.72. The van der Waals surface area contributed by atoms with Crippen molar-refractivity contribution in [3.05, 3.63) is 23.7 Å². The Morgan fingerprint density at radius 1 is 1.56 bits per heavy atom. The quantitative estimate of drug-likeness (QED) is 0.810. The first kappa shape index (κ1) is 13.8. The van der Waals surface area contributed by atoms with E-state index >= 15 is 0 Å². The van der Waals surface area contributed by atoms with Crippen LogP contribution in [-0.2, 0) is 4.79 Å². The molecule has 1 fully saturated rings. The summed E-state index contributed by atoms with van der Waals surface area (Å²) in [5, 5.41) is 8.74. The number of rotatable bonds is 6. The third-order valence-electron chi connectivity index (χ3n) is 2.68. The van der Waals surface area contributed by atoms with Crippen LogP contribution in [0.2, 0.25) is 0 Å². The monoisotopic (exact) mass is 287 g/mol. The fraction of sp³-hybridized carbons (Fsp3) is 0.583. The van der Waals surface area contributed by atoms with E-state index in [-0.39, 0.29) is 17.9 Å². The molecule has 0 saturated carbocycles. The lowest BCUT2D eigenvalue weighted by atomic mass is 10.4. The number of thioether (sulfide) groups is 2. The number of amides is 1. The fourth-order valence-corrected chi connectivity index (χ4v) is 3.67. The Morgan fingerprint density at radius 2 is 2.39 bits per heavy atom. The molecule has 0 radical (unpaired) electrons. The Balaban J connectivity index is 1.95. The van der Waals surface area contributed by atoms with Crippen LogP contribution in [0.4, 0.5) is 0 Å². The molecule has 1 aliphatic heterocycles. The largest absolute Gasteiger partial charge is 0.463 e. The van der Waals surface area contributed by atoms with Gasteiger partial charge in [0, 0.05) is 18.1 Å². The summed E-state index contributed by atoms with van der Waals surface area (Å²) in [5.41, 5.74) is 0. The predicted octanol–water partition coefficient (Wildman–Crippen LogP) is 1.89. The SMILES string of the molecule is Cc1ccc(C2SCC(=O)N2CCSCCO)o1. The maximum atomic E-state index is 11.8. The lowest BCUT2D eigenvalue weighted by molar-refractivity contribution is -0.128. The van der Waals surface area contributed by atoms with Crippen molar-refractivity contribution in [2.24, 2.45) is 0 Å². The van der Waals surface area contributed by atoms with E-state index in [1.54, 1.807) is 23.5 Å². The molecule has 0 aromatic carbocycles. The van der Waals surface area contributed by atoms with E-state index in [2.05, 4.69) is 0 Å². The summed E-state index contributed by atoms with van der Waals surface area (Å²) in [4.78, 5) is 13.7. The molecule has 1 aliphatic rings. The summed E-state index contributed by atoms with van der Waals surface area (Å²) in [6, 6.07) is 3.87. The van der Waals surface area contributed by atoms with E-state index in [9.17, 15) is 4.79 Å². The first-order valence-electron chi connectivity index (χ1n) is 5.88. The highest BCUT2D eigenvalue weighted by molar-refractivity contribution is 8.00. The third kappa shape index (κ3) is 3.24. The minimum absolute atomic E-state index is 0.0147. The number of nitrogens with zero attached hydrogens (tertiary/aromatic N) is 1. The van der Waals surface area contributed by atoms with Gasteiger partial charge in [-0.2, -0.15) is 11.8 Å². The van der Waals surface area contributed by atoms with Crippen LogP contribution in [0.1, 0.15) is 16.9 Å². The third-order valence-corrected chi connectivity index (χ3v) is 4.84. The van der Waals surface area contributed by atoms with Gasteiger partial charge >= 0.3 is 0 Å². The van der Waals surface area contributed by atoms with Crippen LogP contribution in [0.25, 0.3) is 0 Å². The van der Waals surface area contributed by atoms with E-state index in [1.807, 2.05) is 24.0 Å². The lowest BCUT2D eigenvalue weighted by Crippen LogP contribution is -2.30. The molecule has 1 N–H and O–H groups in total. The Hall–Kier alpha value is -0.590. The van der Waals surface area contributed by atoms with E-state index in [0.29, 0.717) is 12.3 Å². The molecule has 1 saturated heterocycles. The van der Waals surface area contributed by atoms with Gasteiger partial charge in [-0.15, -0.1) is 11.8 Å². The highest BCUT2D eigenvalue weighted by Gasteiger charge is 2.34. The molecule has 1 amide bonds. The number of hydrogen-bond donors (Lipinski definition) is 1. The second-order valence-electron chi connectivity index (χ2n) is 4.03. The van der Waals surface area contributed by atoms with Gasteiger partial charge in [-0.05, 0) is 19.1 Å². The summed E-state index contributed by atoms with van der Waals surface area (Å²) in [6.45, 7) is 2.81. The van der Waals surface area contributed by atoms with E-state index in [0.717, 1.165) is 23.0 Å². The van der Waals surface area contributed by atoms with Gasteiger partial charge in [0.1, 0.15) is 16.9 Å². The van der Waals surface area contributed by atoms with Crippen molar-refractivity contribution >= 4 is 29.4 Å². The minimum atomic E-state index is 0.0147. The molecule has 6 heteroatoms. The molecule has 18 heavy (non-hydrogen) atoms. The lowest BCUT2D eigenvalue weighted by Gasteiger charge is -2.22. The molecule has 100 valence electrons. The van der Waals surface area contributed by atoms with Crippen LogP contribution in [0, 0.1) is 6.92 Å². The Morgan fingerprint density at radius 3 is 3.06 bits per heavy atom. The minimum Gasteiger partial charge on any atom is -0.463 e. The fourth-order valence-electron chi connectivity index (χ4n) is 1.85. The van der Waals surface area contributed by atoms with Crippen LogP contribution in [0.3, 0.4) is 0 Å². The molecule has 1 aromatic heterocycles. The predicted molar refractivity (Wildman–Crippen MR) is 74.8 cm³/mol. The second kappa shape index (κ2) is 6.54. The maximum Gasteiger partial charge on any atom is 0.233 e. The molecule has 0 aliphatic carbocycles. The molecule has 1 atom stereocenters. The van der Waals surface area contributed by atoms with Gasteiger partial charge in [-0.1, -0.05) is 0 Å². The molecule has 1 aromatic rings. The smallest absolute Gasteiger partial charge is 0.233 e. The van der Waals surface area contributed by atoms with Crippen molar-refractivity contribution in [1.82, 2.24) is 4.90 Å². The van der Waals surface area contributed by atoms with Crippen LogP contribution in [-0.4, -0.2) is 46.3 Å². The maximum absolute atomic E-state index is 11.8.